The van der Waals surface area contributed by atoms with Crippen molar-refractivity contribution in [3.05, 3.63) is 248 Å². The van der Waals surface area contributed by atoms with Gasteiger partial charge in [-0.3, -0.25) is 20.2 Å². The van der Waals surface area contributed by atoms with Gasteiger partial charge in [-0.2, -0.15) is 26.5 Å². The molecule has 712 valence electrons. The van der Waals surface area contributed by atoms with Crippen LogP contribution in [0, 0.1) is 0 Å². The Balaban J connectivity index is 0.000000496. The predicted molar refractivity (Wildman–Crippen MR) is 485 cm³/mol. The molecule has 12 rings (SSSR count). The molecule has 4 aliphatic heterocycles. The molecule has 0 bridgehead atoms. The predicted octanol–water partition coefficient (Wildman–Crippen LogP) is -7.00. The van der Waals surface area contributed by atoms with Crippen LogP contribution in [-0.4, -0.2) is 161 Å². The summed E-state index contributed by atoms with van der Waals surface area (Å²) in [6.45, 7) is 18.0. The van der Waals surface area contributed by atoms with E-state index in [-0.39, 0.29) is 217 Å². The molecule has 0 saturated heterocycles. The first-order valence-corrected chi connectivity index (χ1v) is 50.9. The largest absolute Gasteiger partial charge is 1.00 e. The quantitative estimate of drug-likeness (QED) is 0.00526. The minimum atomic E-state index is -4.74. The number of hydrogen-bond donors (Lipinski definition) is 4. The van der Waals surface area contributed by atoms with Gasteiger partial charge in [-0.1, -0.05) is 87.9 Å². The third kappa shape index (κ3) is 34.0. The fraction of sp³-hybridized carbons (Fsp3) is 0.364. The number of carboxylic acid groups (broad SMARTS) is 2. The number of benzene rings is 6. The summed E-state index contributed by atoms with van der Waals surface area (Å²) in [7, 11) is -19.8. The monoisotopic (exact) mass is 2130 g/mol. The van der Waals surface area contributed by atoms with Crippen LogP contribution in [-0.2, 0) is 99.6 Å². The average Bonchev–Trinajstić information content (AvgIpc) is 1.58. The molecule has 0 atom stereocenters. The van der Waals surface area contributed by atoms with Gasteiger partial charge in [0.05, 0.1) is 76.1 Å². The normalized spacial score (nSPS) is 17.2. The van der Waals surface area contributed by atoms with E-state index in [4.69, 9.17) is 26.8 Å². The van der Waals surface area contributed by atoms with Crippen LogP contribution in [0.3, 0.4) is 0 Å². The van der Waals surface area contributed by atoms with Crippen LogP contribution in [0.4, 0.5) is 22.7 Å². The van der Waals surface area contributed by atoms with Crippen LogP contribution in [0.1, 0.15) is 181 Å². The Hall–Kier alpha value is -2.05. The van der Waals surface area contributed by atoms with Crippen LogP contribution in [0.2, 0.25) is 0 Å². The summed E-state index contributed by atoms with van der Waals surface area (Å²) in [5, 5.41) is 91.9. The minimum absolute atomic E-state index is 0. The van der Waals surface area contributed by atoms with E-state index in [1.807, 2.05) is 120 Å². The standard InChI is InChI=1S/C44H50N2O14S4.C37H45ClN2O12S4.C7H7BO4.6Na/c1-43(2)35-27-33(62-60-58-50)16-18-37(35)46(23-6-8-25-63(51,52)53)39(43)20-14-29-12-13-30(41(29)31-10-9-11-32(26-31)42(47)48)15-21-40-44(3,4)36-28-34(64(54,55)56)17-19-38(36)45(40)22-5-7-24-61-59-57-49;1-36(2)29-23-27(54-52-50-42)13-15-31(29)40(20-6-8-22-55(43,44)45)33(36)17-11-25-9-10-26(35(25)38)12-18-34-37(3,4)30-24-28(56(46,47)48)14-16-32(30)39(34)19-5-7-21-53-51-49-41;9-7(10)5-2-1-3-6(4-5)8(11)12;;;;;;/h9-11,14-21,26-28H,5-8,12-13,22-25H2,1-4H3,(H4-,47,48,49,50,51,52,53,54,55,56);11-18,23-24H,5-10,19-22H2,1-4H3,(H3-,41,42,43,44,45,46,47,48);1-4,11-12H,(H,9,10);;;;;;/q;;;6*+1/p-6. The number of hydrogen-bond acceptors (Lipinski definition) is 34. The number of allylic oxidation sites excluding steroid dienone is 16. The van der Waals surface area contributed by atoms with Gasteiger partial charge in [0.25, 0.3) is 0 Å². The maximum atomic E-state index is 12.2. The van der Waals surface area contributed by atoms with E-state index in [1.54, 1.807) is 36.4 Å². The molecule has 4 N–H and O–H groups in total. The molecule has 4 heterocycles. The van der Waals surface area contributed by atoms with E-state index in [1.165, 1.54) is 54.6 Å². The van der Waals surface area contributed by atoms with Crippen molar-refractivity contribution in [3.63, 3.8) is 0 Å². The maximum absolute atomic E-state index is 12.2. The minimum Gasteiger partial charge on any atom is -0.748 e. The number of unbranched alkanes of at least 4 members (excludes halogenated alkanes) is 4. The Bertz CT molecular complexity index is 6140. The summed E-state index contributed by atoms with van der Waals surface area (Å²) < 4.78 is 162. The fourth-order valence-corrected chi connectivity index (χ4v) is 21.0. The molecule has 0 aromatic heterocycles. The zero-order valence-corrected chi connectivity index (χ0v) is 98.0. The van der Waals surface area contributed by atoms with Crippen LogP contribution in [0.5, 0.6) is 0 Å². The van der Waals surface area contributed by atoms with Gasteiger partial charge in [0, 0.05) is 157 Å². The second-order valence-electron chi connectivity index (χ2n) is 33.3. The molecule has 34 nitrogen and oxygen atoms in total. The van der Waals surface area contributed by atoms with Crippen molar-refractivity contribution in [1.29, 1.82) is 0 Å². The number of rotatable bonds is 42. The topological polar surface area (TPSA) is 522 Å². The first kappa shape index (κ1) is 128. The van der Waals surface area contributed by atoms with Crippen molar-refractivity contribution in [2.45, 2.75) is 174 Å². The zero-order chi connectivity index (χ0) is 96.5. The van der Waals surface area contributed by atoms with Crippen LogP contribution < -0.4 is 214 Å². The van der Waals surface area contributed by atoms with Gasteiger partial charge < -0.3 is 69.3 Å². The Kier molecular flexibility index (Phi) is 53.6. The summed E-state index contributed by atoms with van der Waals surface area (Å²) in [4.78, 5) is 27.5. The third-order valence-corrected chi connectivity index (χ3v) is 29.5. The molecule has 0 fully saturated rings. The van der Waals surface area contributed by atoms with Crippen molar-refractivity contribution in [2.24, 2.45) is 0 Å². The number of carbonyl (C=O) groups is 2. The number of aromatic carboxylic acids is 2. The SMILES string of the molecule is CC1(C)C(/C=C/C2=C(Cl)C(=C/C=C3/N(CCCCSOO[O-])c4ccc(S(=O)(=O)[O-])cc4C3(C)C)/CC2)=[N+](CCCCS(=O)(=O)[O-])c2ccc(SOO[O-])cc21.CC1(C)C(/C=C/C2=C(c3cccc(C(=O)O)c3)C(=C/C=C3/N(CCCCSOO[O-])c4ccc(S(=O)(=O)[O-])cc4C3(C)C)/CC2)=[N+](CCCCS(=O)(=O)[O-])c2ccc(SOO[O-])cc21.O=C(O)c1cccc(B(O)O)c1.[Na+].[Na+].[Na+].[Na+].[Na+].[Na+]. The second kappa shape index (κ2) is 57.6. The summed E-state index contributed by atoms with van der Waals surface area (Å²) in [6.07, 6.45) is 22.5. The number of fused-ring (bicyclic) bond motifs is 4. The smallest absolute Gasteiger partial charge is 0.748 e. The van der Waals surface area contributed by atoms with Gasteiger partial charge in [-0.25, -0.2) is 43.3 Å². The van der Waals surface area contributed by atoms with E-state index < -0.39 is 92.7 Å². The number of nitrogens with zero attached hydrogens (tertiary/aromatic N) is 4. The van der Waals surface area contributed by atoms with Crippen molar-refractivity contribution in [1.82, 2.24) is 0 Å². The van der Waals surface area contributed by atoms with Crippen LogP contribution in [0.25, 0.3) is 5.57 Å². The fourth-order valence-electron chi connectivity index (χ4n) is 17.0. The van der Waals surface area contributed by atoms with Gasteiger partial charge in [-0.05, 0) is 239 Å². The number of anilines is 2. The van der Waals surface area contributed by atoms with E-state index in [0.29, 0.717) is 133 Å². The summed E-state index contributed by atoms with van der Waals surface area (Å²) in [6, 6.07) is 32.2. The molecule has 0 radical (unpaired) electrons. The number of halogens is 1. The molecule has 6 aliphatic rings. The van der Waals surface area contributed by atoms with Gasteiger partial charge in [0.15, 0.2) is 11.4 Å². The summed E-state index contributed by atoms with van der Waals surface area (Å²) in [5.41, 5.74) is 13.1. The van der Waals surface area contributed by atoms with Crippen LogP contribution >= 0.6 is 59.8 Å². The molecule has 6 aromatic carbocycles. The van der Waals surface area contributed by atoms with E-state index in [9.17, 15) is 87.6 Å². The third-order valence-electron chi connectivity index (χ3n) is 23.4. The summed E-state index contributed by atoms with van der Waals surface area (Å²) in [5.74, 6) is -2.09. The Morgan fingerprint density at radius 1 is 0.457 bits per heavy atom. The molecule has 0 unspecified atom stereocenters. The van der Waals surface area contributed by atoms with Crippen molar-refractivity contribution in [3.8, 4) is 0 Å². The Morgan fingerprint density at radius 2 is 0.862 bits per heavy atom. The average molecular weight is 2130 g/mol. The molecule has 138 heavy (non-hydrogen) atoms. The molecule has 2 aliphatic carbocycles. The van der Waals surface area contributed by atoms with Gasteiger partial charge in [-0.15, -0.1) is 0 Å². The maximum Gasteiger partial charge on any atom is 1.00 e. The molecule has 0 spiro atoms. The van der Waals surface area contributed by atoms with Gasteiger partial charge >= 0.3 is 196 Å². The first-order valence-electron chi connectivity index (χ1n) is 41.3. The molecular formula is C88H96BClN4Na6O30S8. The van der Waals surface area contributed by atoms with Crippen LogP contribution in [0.15, 0.2) is 228 Å². The number of carboxylic acids is 2. The van der Waals surface area contributed by atoms with Gasteiger partial charge in [0.2, 0.25) is 11.4 Å². The molecule has 50 heteroatoms. The molecule has 6 aromatic rings. The van der Waals surface area contributed by atoms with Crippen molar-refractivity contribution >= 4 is 165 Å². The first-order chi connectivity index (χ1) is 62.3. The van der Waals surface area contributed by atoms with Crippen molar-refractivity contribution < 1.29 is 327 Å². The van der Waals surface area contributed by atoms with E-state index >= 15 is 0 Å². The molecule has 0 amide bonds. The molecule has 0 saturated carbocycles. The molecular weight excluding hydrogens is 2030 g/mol. The van der Waals surface area contributed by atoms with Crippen molar-refractivity contribution in [2.75, 3.05) is 59.0 Å². The van der Waals surface area contributed by atoms with Gasteiger partial charge in [0.1, 0.15) is 33.3 Å². The zero-order valence-electron chi connectivity index (χ0n) is 78.7. The Labute approximate surface area is 958 Å². The summed E-state index contributed by atoms with van der Waals surface area (Å²) >= 11 is 10.4. The van der Waals surface area contributed by atoms with E-state index in [2.05, 4.69) is 70.3 Å². The van der Waals surface area contributed by atoms with E-state index in [0.717, 1.165) is 133 Å². The second-order valence-corrected chi connectivity index (χ2v) is 42.6. The Morgan fingerprint density at radius 3 is 1.28 bits per heavy atom.